The third kappa shape index (κ3) is 3.24. The van der Waals surface area contributed by atoms with E-state index in [0.29, 0.717) is 21.3 Å². The van der Waals surface area contributed by atoms with Gasteiger partial charge in [-0.2, -0.15) is 0 Å². The van der Waals surface area contributed by atoms with Gasteiger partial charge in [-0.1, -0.05) is 0 Å². The van der Waals surface area contributed by atoms with Crippen molar-refractivity contribution in [1.29, 1.82) is 0 Å². The van der Waals surface area contributed by atoms with Crippen molar-refractivity contribution in [2.24, 2.45) is 0 Å². The summed E-state index contributed by atoms with van der Waals surface area (Å²) in [7, 11) is 0. The van der Waals surface area contributed by atoms with Crippen LogP contribution in [0.15, 0.2) is 21.1 Å². The molecule has 1 atom stereocenters. The topological polar surface area (TPSA) is 55.8 Å². The van der Waals surface area contributed by atoms with Crippen molar-refractivity contribution in [3.8, 4) is 5.75 Å². The summed E-state index contributed by atoms with van der Waals surface area (Å²) in [6.07, 6.45) is 1.94. The van der Waals surface area contributed by atoms with Gasteiger partial charge in [0.1, 0.15) is 11.9 Å². The second kappa shape index (κ2) is 6.04. The van der Waals surface area contributed by atoms with Crippen LogP contribution < -0.4 is 4.74 Å². The zero-order chi connectivity index (χ0) is 13.1. The molecule has 0 saturated carbocycles. The summed E-state index contributed by atoms with van der Waals surface area (Å²) in [5, 5.41) is 8.94. The minimum atomic E-state index is -0.969. The fraction of sp³-hybridized carbons (Fsp3) is 0.417. The Balaban J connectivity index is 2.19. The Morgan fingerprint density at radius 1 is 1.39 bits per heavy atom. The maximum atomic E-state index is 10.9. The number of carboxylic acid groups (broad SMARTS) is 1. The molecule has 0 radical (unpaired) electrons. The van der Waals surface area contributed by atoms with Gasteiger partial charge in [0.15, 0.2) is 0 Å². The van der Waals surface area contributed by atoms with E-state index in [1.165, 1.54) is 12.1 Å². The quantitative estimate of drug-likeness (QED) is 0.873. The van der Waals surface area contributed by atoms with Crippen molar-refractivity contribution in [3.63, 3.8) is 0 Å². The number of ether oxygens (including phenoxy) is 2. The van der Waals surface area contributed by atoms with E-state index in [4.69, 9.17) is 14.6 Å². The second-order valence-corrected chi connectivity index (χ2v) is 5.74. The van der Waals surface area contributed by atoms with Crippen LogP contribution in [0.2, 0.25) is 0 Å². The van der Waals surface area contributed by atoms with Crippen molar-refractivity contribution >= 4 is 37.8 Å². The van der Waals surface area contributed by atoms with E-state index in [0.717, 1.165) is 19.4 Å². The normalized spacial score (nSPS) is 19.6. The summed E-state index contributed by atoms with van der Waals surface area (Å²) in [6, 6.07) is 3.07. The lowest BCUT2D eigenvalue weighted by atomic mass is 10.1. The fourth-order valence-corrected chi connectivity index (χ4v) is 3.14. The van der Waals surface area contributed by atoms with E-state index >= 15 is 0 Å². The highest BCUT2D eigenvalue weighted by molar-refractivity contribution is 9.11. The lowest BCUT2D eigenvalue weighted by Gasteiger charge is -2.24. The molecule has 1 aromatic rings. The molecule has 1 aliphatic heterocycles. The van der Waals surface area contributed by atoms with Crippen molar-refractivity contribution in [1.82, 2.24) is 0 Å². The first-order valence-corrected chi connectivity index (χ1v) is 7.13. The van der Waals surface area contributed by atoms with Gasteiger partial charge in [0.2, 0.25) is 0 Å². The first kappa shape index (κ1) is 13.8. The molecule has 18 heavy (non-hydrogen) atoms. The Hall–Kier alpha value is -0.590. The Labute approximate surface area is 122 Å². The molecule has 0 amide bonds. The van der Waals surface area contributed by atoms with Crippen LogP contribution >= 0.6 is 31.9 Å². The molecular formula is C12H12Br2O4. The smallest absolute Gasteiger partial charge is 0.335 e. The number of hydrogen-bond donors (Lipinski definition) is 1. The molecule has 2 rings (SSSR count). The van der Waals surface area contributed by atoms with Crippen LogP contribution in [-0.2, 0) is 4.74 Å². The molecular weight excluding hydrogens is 368 g/mol. The van der Waals surface area contributed by atoms with Gasteiger partial charge in [-0.15, -0.1) is 0 Å². The highest BCUT2D eigenvalue weighted by Crippen LogP contribution is 2.36. The third-order valence-electron chi connectivity index (χ3n) is 2.65. The molecule has 6 heteroatoms. The van der Waals surface area contributed by atoms with E-state index in [2.05, 4.69) is 31.9 Å². The molecule has 1 aromatic carbocycles. The highest BCUT2D eigenvalue weighted by atomic mass is 79.9. The van der Waals surface area contributed by atoms with E-state index in [1.807, 2.05) is 0 Å². The molecule has 1 N–H and O–H groups in total. The molecule has 0 aliphatic carbocycles. The van der Waals surface area contributed by atoms with Crippen LogP contribution in [0.4, 0.5) is 0 Å². The molecule has 0 bridgehead atoms. The van der Waals surface area contributed by atoms with E-state index < -0.39 is 5.97 Å². The Morgan fingerprint density at radius 2 is 2.06 bits per heavy atom. The molecule has 98 valence electrons. The monoisotopic (exact) mass is 378 g/mol. The number of halogens is 2. The van der Waals surface area contributed by atoms with Crippen molar-refractivity contribution < 1.29 is 19.4 Å². The highest BCUT2D eigenvalue weighted by Gasteiger charge is 2.19. The van der Waals surface area contributed by atoms with Crippen LogP contribution in [0.25, 0.3) is 0 Å². The number of aromatic carboxylic acids is 1. The molecule has 1 fully saturated rings. The maximum absolute atomic E-state index is 10.9. The van der Waals surface area contributed by atoms with Gasteiger partial charge >= 0.3 is 5.97 Å². The SMILES string of the molecule is O=C(O)c1cc(Br)c(OC2CCCOC2)c(Br)c1. The van der Waals surface area contributed by atoms with E-state index in [9.17, 15) is 4.79 Å². The molecule has 4 nitrogen and oxygen atoms in total. The average Bonchev–Trinajstić information content (AvgIpc) is 2.34. The summed E-state index contributed by atoms with van der Waals surface area (Å²) >= 11 is 6.67. The van der Waals surface area contributed by atoms with Crippen LogP contribution in [0, 0.1) is 0 Å². The molecule has 0 aromatic heterocycles. The van der Waals surface area contributed by atoms with Gasteiger partial charge in [-0.05, 0) is 56.8 Å². The number of rotatable bonds is 3. The predicted molar refractivity (Wildman–Crippen MR) is 73.3 cm³/mol. The summed E-state index contributed by atoms with van der Waals surface area (Å²) in [5.74, 6) is -0.348. The van der Waals surface area contributed by atoms with Gasteiger partial charge in [0.25, 0.3) is 0 Å². The number of hydrogen-bond acceptors (Lipinski definition) is 3. The summed E-state index contributed by atoms with van der Waals surface area (Å²) in [5.41, 5.74) is 0.209. The number of carbonyl (C=O) groups is 1. The van der Waals surface area contributed by atoms with Crippen LogP contribution in [0.1, 0.15) is 23.2 Å². The first-order chi connectivity index (χ1) is 8.58. The molecule has 1 heterocycles. The Kier molecular flexibility index (Phi) is 4.64. The zero-order valence-corrected chi connectivity index (χ0v) is 12.7. The minimum Gasteiger partial charge on any atom is -0.486 e. The summed E-state index contributed by atoms with van der Waals surface area (Å²) < 4.78 is 12.4. The largest absolute Gasteiger partial charge is 0.486 e. The number of benzene rings is 1. The second-order valence-electron chi connectivity index (χ2n) is 4.03. The summed E-state index contributed by atoms with van der Waals surface area (Å²) in [6.45, 7) is 1.35. The van der Waals surface area contributed by atoms with Gasteiger partial charge in [-0.3, -0.25) is 0 Å². The fourth-order valence-electron chi connectivity index (χ4n) is 1.77. The van der Waals surface area contributed by atoms with E-state index in [1.54, 1.807) is 0 Å². The lowest BCUT2D eigenvalue weighted by Crippen LogP contribution is -2.28. The standard InChI is InChI=1S/C12H12Br2O4/c13-9-4-7(12(15)16)5-10(14)11(9)18-8-2-1-3-17-6-8/h4-5,8H,1-3,6H2,(H,15,16). The third-order valence-corrected chi connectivity index (χ3v) is 3.83. The van der Waals surface area contributed by atoms with Gasteiger partial charge in [0.05, 0.1) is 21.1 Å². The molecule has 1 saturated heterocycles. The first-order valence-electron chi connectivity index (χ1n) is 5.54. The van der Waals surface area contributed by atoms with Crippen molar-refractivity contribution in [2.45, 2.75) is 18.9 Å². The van der Waals surface area contributed by atoms with Crippen LogP contribution in [0.3, 0.4) is 0 Å². The zero-order valence-electron chi connectivity index (χ0n) is 9.49. The van der Waals surface area contributed by atoms with Crippen molar-refractivity contribution in [3.05, 3.63) is 26.6 Å². The predicted octanol–water partition coefficient (Wildman–Crippen LogP) is 3.47. The Bertz CT molecular complexity index is 432. The molecule has 0 spiro atoms. The maximum Gasteiger partial charge on any atom is 0.335 e. The summed E-state index contributed by atoms with van der Waals surface area (Å²) in [4.78, 5) is 10.9. The van der Waals surface area contributed by atoms with Crippen LogP contribution in [0.5, 0.6) is 5.75 Å². The van der Waals surface area contributed by atoms with Gasteiger partial charge in [-0.25, -0.2) is 4.79 Å². The lowest BCUT2D eigenvalue weighted by molar-refractivity contribution is 0.00678. The van der Waals surface area contributed by atoms with Crippen LogP contribution in [-0.4, -0.2) is 30.4 Å². The van der Waals surface area contributed by atoms with Crippen molar-refractivity contribution in [2.75, 3.05) is 13.2 Å². The average molecular weight is 380 g/mol. The van der Waals surface area contributed by atoms with Gasteiger partial charge in [0, 0.05) is 6.61 Å². The van der Waals surface area contributed by atoms with E-state index in [-0.39, 0.29) is 11.7 Å². The van der Waals surface area contributed by atoms with Gasteiger partial charge < -0.3 is 14.6 Å². The minimum absolute atomic E-state index is 0.0158. The number of carboxylic acids is 1. The molecule has 1 aliphatic rings. The molecule has 1 unspecified atom stereocenters. The Morgan fingerprint density at radius 3 is 2.56 bits per heavy atom.